The zero-order valence-corrected chi connectivity index (χ0v) is 17.2. The Bertz CT molecular complexity index is 947. The number of carbonyl (C=O) groups is 1. The van der Waals surface area contributed by atoms with Crippen LogP contribution in [0.4, 0.5) is 5.69 Å². The minimum atomic E-state index is -0.455. The number of hydrogen-bond donors (Lipinski definition) is 1. The maximum absolute atomic E-state index is 12.7. The highest BCUT2D eigenvalue weighted by Crippen LogP contribution is 2.25. The minimum absolute atomic E-state index is 0.0497. The first-order valence-corrected chi connectivity index (χ1v) is 9.96. The summed E-state index contributed by atoms with van der Waals surface area (Å²) in [5.74, 6) is 0.124. The number of benzene rings is 1. The van der Waals surface area contributed by atoms with Gasteiger partial charge in [-0.1, -0.05) is 12.1 Å². The van der Waals surface area contributed by atoms with Crippen LogP contribution >= 0.6 is 0 Å². The van der Waals surface area contributed by atoms with Crippen molar-refractivity contribution in [3.05, 3.63) is 52.9 Å². The van der Waals surface area contributed by atoms with E-state index in [4.69, 9.17) is 9.47 Å². The Morgan fingerprint density at radius 2 is 2.21 bits per heavy atom. The number of nitrogens with zero attached hydrogens (tertiary/aromatic N) is 2. The molecule has 2 heterocycles. The van der Waals surface area contributed by atoms with E-state index in [1.54, 1.807) is 18.2 Å². The van der Waals surface area contributed by atoms with E-state index >= 15 is 0 Å². The number of ether oxygens (including phenoxy) is 2. The molecular weight excluding hydrogens is 366 g/mol. The van der Waals surface area contributed by atoms with E-state index in [0.717, 1.165) is 42.9 Å². The number of nitriles is 1. The molecule has 1 aromatic carbocycles. The maximum atomic E-state index is 12.7. The van der Waals surface area contributed by atoms with Gasteiger partial charge in [0.1, 0.15) is 17.4 Å². The molecule has 0 saturated carbocycles. The molecule has 152 valence electrons. The van der Waals surface area contributed by atoms with Crippen molar-refractivity contribution < 1.29 is 14.3 Å². The monoisotopic (exact) mass is 393 g/mol. The molecule has 0 aliphatic carbocycles. The van der Waals surface area contributed by atoms with Crippen molar-refractivity contribution in [2.45, 2.75) is 46.3 Å². The molecule has 6 nitrogen and oxygen atoms in total. The number of anilines is 1. The Morgan fingerprint density at radius 3 is 2.90 bits per heavy atom. The third-order valence-electron chi connectivity index (χ3n) is 5.12. The highest BCUT2D eigenvalue weighted by atomic mass is 16.5. The summed E-state index contributed by atoms with van der Waals surface area (Å²) in [5.41, 5.74) is 3.57. The quantitative estimate of drug-likeness (QED) is 0.564. The molecule has 0 bridgehead atoms. The van der Waals surface area contributed by atoms with Gasteiger partial charge >= 0.3 is 0 Å². The highest BCUT2D eigenvalue weighted by molar-refractivity contribution is 6.10. The smallest absolute Gasteiger partial charge is 0.266 e. The number of rotatable bonds is 7. The van der Waals surface area contributed by atoms with Crippen LogP contribution in [0.5, 0.6) is 5.75 Å². The van der Waals surface area contributed by atoms with Gasteiger partial charge in [-0.3, -0.25) is 4.79 Å². The van der Waals surface area contributed by atoms with Gasteiger partial charge in [0.25, 0.3) is 5.91 Å². The molecule has 1 saturated heterocycles. The molecule has 0 radical (unpaired) electrons. The molecule has 29 heavy (non-hydrogen) atoms. The molecule has 1 aliphatic heterocycles. The van der Waals surface area contributed by atoms with Gasteiger partial charge < -0.3 is 19.4 Å². The van der Waals surface area contributed by atoms with E-state index in [-0.39, 0.29) is 11.7 Å². The van der Waals surface area contributed by atoms with Crippen molar-refractivity contribution in [3.63, 3.8) is 0 Å². The van der Waals surface area contributed by atoms with Gasteiger partial charge in [-0.15, -0.1) is 0 Å². The number of nitrogens with one attached hydrogen (secondary N) is 1. The average molecular weight is 393 g/mol. The lowest BCUT2D eigenvalue weighted by atomic mass is 10.1. The molecule has 2 aromatic rings. The van der Waals surface area contributed by atoms with Crippen molar-refractivity contribution in [1.82, 2.24) is 4.57 Å². The Balaban J connectivity index is 1.81. The Labute approximate surface area is 171 Å². The largest absolute Gasteiger partial charge is 0.492 e. The molecule has 0 spiro atoms. The summed E-state index contributed by atoms with van der Waals surface area (Å²) in [6, 6.07) is 11.2. The van der Waals surface area contributed by atoms with E-state index in [2.05, 4.69) is 9.88 Å². The van der Waals surface area contributed by atoms with Crippen LogP contribution in [-0.4, -0.2) is 29.8 Å². The lowest BCUT2D eigenvalue weighted by molar-refractivity contribution is -0.112. The van der Waals surface area contributed by atoms with Gasteiger partial charge in [-0.25, -0.2) is 0 Å². The molecule has 3 rings (SSSR count). The second-order valence-corrected chi connectivity index (χ2v) is 7.13. The third-order valence-corrected chi connectivity index (χ3v) is 5.12. The van der Waals surface area contributed by atoms with E-state index < -0.39 is 5.91 Å². The van der Waals surface area contributed by atoms with Crippen molar-refractivity contribution >= 4 is 17.7 Å². The fourth-order valence-corrected chi connectivity index (χ4v) is 3.59. The molecule has 6 heteroatoms. The molecule has 1 fully saturated rings. The lowest BCUT2D eigenvalue weighted by Crippen LogP contribution is -2.17. The normalized spacial score (nSPS) is 16.5. The van der Waals surface area contributed by atoms with Gasteiger partial charge in [-0.05, 0) is 63.5 Å². The second-order valence-electron chi connectivity index (χ2n) is 7.13. The van der Waals surface area contributed by atoms with E-state index in [1.165, 1.54) is 0 Å². The molecule has 1 atom stereocenters. The predicted octanol–water partition coefficient (Wildman–Crippen LogP) is 4.23. The zero-order chi connectivity index (χ0) is 20.8. The second kappa shape index (κ2) is 9.44. The molecule has 1 N–H and O–H groups in total. The number of hydrogen-bond acceptors (Lipinski definition) is 4. The van der Waals surface area contributed by atoms with E-state index in [1.807, 2.05) is 45.0 Å². The number of aromatic nitrogens is 1. The standard InChI is InChI=1S/C23H27N3O3/c1-4-28-22-10-6-5-9-21(22)25-23(27)19(14-24)13-18-12-16(2)26(17(18)3)15-20-8-7-11-29-20/h5-6,9-10,12-13,20H,4,7-8,11,15H2,1-3H3,(H,25,27)/b19-13+/t20-/m0/s1. The van der Waals surface area contributed by atoms with Crippen LogP contribution in [0, 0.1) is 25.2 Å². The summed E-state index contributed by atoms with van der Waals surface area (Å²) in [6.07, 6.45) is 4.03. The number of carbonyl (C=O) groups excluding carboxylic acids is 1. The summed E-state index contributed by atoms with van der Waals surface area (Å²) in [6.45, 7) is 8.02. The fourth-order valence-electron chi connectivity index (χ4n) is 3.59. The van der Waals surface area contributed by atoms with Crippen molar-refractivity contribution in [2.75, 3.05) is 18.5 Å². The summed E-state index contributed by atoms with van der Waals surface area (Å²) in [5, 5.41) is 12.4. The molecular formula is C23H27N3O3. The number of amides is 1. The van der Waals surface area contributed by atoms with Crippen LogP contribution in [0.2, 0.25) is 0 Å². The molecule has 1 amide bonds. The SMILES string of the molecule is CCOc1ccccc1NC(=O)/C(C#N)=C/c1cc(C)n(C[C@@H]2CCCO2)c1C. The number of para-hydroxylation sites is 2. The van der Waals surface area contributed by atoms with Gasteiger partial charge in [0.15, 0.2) is 0 Å². The average Bonchev–Trinajstić information content (AvgIpc) is 3.31. The molecule has 1 aromatic heterocycles. The van der Waals surface area contributed by atoms with Crippen LogP contribution in [0.1, 0.15) is 36.7 Å². The van der Waals surface area contributed by atoms with Gasteiger partial charge in [0, 0.05) is 24.5 Å². The third kappa shape index (κ3) is 4.87. The zero-order valence-electron chi connectivity index (χ0n) is 17.2. The maximum Gasteiger partial charge on any atom is 0.266 e. The summed E-state index contributed by atoms with van der Waals surface area (Å²) >= 11 is 0. The lowest BCUT2D eigenvalue weighted by Gasteiger charge is -2.14. The van der Waals surface area contributed by atoms with Gasteiger partial charge in [0.2, 0.25) is 0 Å². The topological polar surface area (TPSA) is 76.3 Å². The first-order chi connectivity index (χ1) is 14.0. The number of aryl methyl sites for hydroxylation is 1. The molecule has 0 unspecified atom stereocenters. The summed E-state index contributed by atoms with van der Waals surface area (Å²) in [7, 11) is 0. The van der Waals surface area contributed by atoms with E-state index in [9.17, 15) is 10.1 Å². The van der Waals surface area contributed by atoms with Gasteiger partial charge in [0.05, 0.1) is 18.4 Å². The van der Waals surface area contributed by atoms with Gasteiger partial charge in [-0.2, -0.15) is 5.26 Å². The first-order valence-electron chi connectivity index (χ1n) is 9.96. The Morgan fingerprint density at radius 1 is 1.41 bits per heavy atom. The summed E-state index contributed by atoms with van der Waals surface area (Å²) in [4.78, 5) is 12.7. The van der Waals surface area contributed by atoms with Crippen molar-refractivity contribution in [2.24, 2.45) is 0 Å². The Kier molecular flexibility index (Phi) is 6.73. The Hall–Kier alpha value is -3.04. The van der Waals surface area contributed by atoms with E-state index in [0.29, 0.717) is 18.0 Å². The van der Waals surface area contributed by atoms with Crippen molar-refractivity contribution in [1.29, 1.82) is 5.26 Å². The van der Waals surface area contributed by atoms with Crippen LogP contribution in [0.3, 0.4) is 0 Å². The van der Waals surface area contributed by atoms with Crippen LogP contribution < -0.4 is 10.1 Å². The highest BCUT2D eigenvalue weighted by Gasteiger charge is 2.19. The minimum Gasteiger partial charge on any atom is -0.492 e. The van der Waals surface area contributed by atoms with Crippen molar-refractivity contribution in [3.8, 4) is 11.8 Å². The van der Waals surface area contributed by atoms with Crippen LogP contribution in [-0.2, 0) is 16.1 Å². The first kappa shape index (κ1) is 20.7. The molecule has 1 aliphatic rings. The van der Waals surface area contributed by atoms with Crippen LogP contribution in [0.15, 0.2) is 35.9 Å². The predicted molar refractivity (Wildman–Crippen MR) is 113 cm³/mol. The summed E-state index contributed by atoms with van der Waals surface area (Å²) < 4.78 is 13.5. The van der Waals surface area contributed by atoms with Crippen LogP contribution in [0.25, 0.3) is 6.08 Å². The fraction of sp³-hybridized carbons (Fsp3) is 0.391.